The number of aliphatic hydroxyl groups excluding tert-OH is 1. The Morgan fingerprint density at radius 3 is 1.59 bits per heavy atom. The highest BCUT2D eigenvalue weighted by Crippen LogP contribution is 2.40. The van der Waals surface area contributed by atoms with Crippen molar-refractivity contribution in [1.29, 1.82) is 0 Å². The average molecular weight is 666 g/mol. The number of nitrogens with zero attached hydrogens (tertiary/aromatic N) is 3. The first-order valence-electron chi connectivity index (χ1n) is 11.8. The van der Waals surface area contributed by atoms with Crippen molar-refractivity contribution in [2.45, 2.75) is 62.0 Å². The van der Waals surface area contributed by atoms with Gasteiger partial charge in [-0.1, -0.05) is 83.5 Å². The number of aliphatic hydroxyl groups is 1. The van der Waals surface area contributed by atoms with E-state index in [0.717, 1.165) is 6.42 Å². The van der Waals surface area contributed by atoms with Crippen molar-refractivity contribution in [3.8, 4) is 17.1 Å². The normalized spacial score (nSPS) is 12.3. The summed E-state index contributed by atoms with van der Waals surface area (Å²) in [5.41, 5.74) is -0.497. The van der Waals surface area contributed by atoms with Crippen molar-refractivity contribution < 1.29 is 24.2 Å². The fourth-order valence-electron chi connectivity index (χ4n) is 2.30. The lowest BCUT2D eigenvalue weighted by atomic mass is 9.91. The van der Waals surface area contributed by atoms with Gasteiger partial charge in [-0.15, -0.1) is 0 Å². The summed E-state index contributed by atoms with van der Waals surface area (Å²) in [6.45, 7) is 11.1. The lowest BCUT2D eigenvalue weighted by Gasteiger charge is -2.20. The molecule has 0 saturated heterocycles. The number of aromatic nitrogens is 3. The van der Waals surface area contributed by atoms with Crippen LogP contribution >= 0.6 is 69.6 Å². The summed E-state index contributed by atoms with van der Waals surface area (Å²) in [7, 11) is 0. The van der Waals surface area contributed by atoms with Crippen molar-refractivity contribution in [2.75, 3.05) is 13.2 Å². The standard InChI is InChI=1S/C17H15Cl6N3O2.C8H16O3/c1-4-15(2,3)14(27)28-10-7-5-9(6-8-10)11-24-12(16(18,19)20)26-13(25-11)17(21,22)23;1-4-8(2,3)7(10)11-6-5-9/h5-8H,4H2,1-3H3;9H,4-6H2,1-3H3. The van der Waals surface area contributed by atoms with E-state index >= 15 is 0 Å². The molecular formula is C25H31Cl6N3O5. The van der Waals surface area contributed by atoms with Crippen LogP contribution in [-0.4, -0.2) is 45.2 Å². The Balaban J connectivity index is 0.000000584. The number of esters is 2. The van der Waals surface area contributed by atoms with Crippen LogP contribution in [0.5, 0.6) is 5.75 Å². The molecule has 1 heterocycles. The minimum absolute atomic E-state index is 0.0995. The Hall–Kier alpha value is -1.13. The summed E-state index contributed by atoms with van der Waals surface area (Å²) in [5, 5.41) is 8.38. The Kier molecular flexibility index (Phi) is 13.5. The average Bonchev–Trinajstić information content (AvgIpc) is 2.86. The van der Waals surface area contributed by atoms with Gasteiger partial charge in [-0.2, -0.15) is 0 Å². The number of carbonyl (C=O) groups excluding carboxylic acids is 2. The van der Waals surface area contributed by atoms with E-state index in [9.17, 15) is 9.59 Å². The Bertz CT molecular complexity index is 1080. The van der Waals surface area contributed by atoms with E-state index in [2.05, 4.69) is 15.0 Å². The Morgan fingerprint density at radius 1 is 0.769 bits per heavy atom. The van der Waals surface area contributed by atoms with Crippen LogP contribution in [0.15, 0.2) is 24.3 Å². The molecule has 2 aromatic rings. The summed E-state index contributed by atoms with van der Waals surface area (Å²) >= 11 is 35.2. The molecule has 8 nitrogen and oxygen atoms in total. The summed E-state index contributed by atoms with van der Waals surface area (Å²) in [5.74, 6) is -0.459. The number of alkyl halides is 6. The van der Waals surface area contributed by atoms with E-state index in [4.69, 9.17) is 84.2 Å². The number of rotatable bonds is 8. The molecule has 1 aromatic carbocycles. The van der Waals surface area contributed by atoms with E-state index in [1.165, 1.54) is 0 Å². The van der Waals surface area contributed by atoms with Crippen LogP contribution in [0, 0.1) is 10.8 Å². The van der Waals surface area contributed by atoms with Gasteiger partial charge in [0.15, 0.2) is 17.5 Å². The maximum atomic E-state index is 12.2. The molecule has 39 heavy (non-hydrogen) atoms. The van der Waals surface area contributed by atoms with E-state index in [0.29, 0.717) is 17.7 Å². The molecule has 0 atom stereocenters. The maximum absolute atomic E-state index is 12.2. The Labute approximate surface area is 258 Å². The zero-order chi connectivity index (χ0) is 30.2. The van der Waals surface area contributed by atoms with Crippen LogP contribution in [0.25, 0.3) is 11.4 Å². The number of hydrogen-bond acceptors (Lipinski definition) is 8. The number of benzene rings is 1. The van der Waals surface area contributed by atoms with E-state index < -0.39 is 18.4 Å². The maximum Gasteiger partial charge on any atom is 0.316 e. The fraction of sp³-hybridized carbons (Fsp3) is 0.560. The van der Waals surface area contributed by atoms with E-state index in [1.807, 2.05) is 41.5 Å². The number of halogens is 6. The highest BCUT2D eigenvalue weighted by molar-refractivity contribution is 6.67. The summed E-state index contributed by atoms with van der Waals surface area (Å²) in [6.07, 6.45) is 1.39. The molecule has 0 bridgehead atoms. The van der Waals surface area contributed by atoms with Crippen molar-refractivity contribution in [3.63, 3.8) is 0 Å². The third-order valence-corrected chi connectivity index (χ3v) is 6.68. The van der Waals surface area contributed by atoms with Gasteiger partial charge in [0.05, 0.1) is 17.4 Å². The van der Waals surface area contributed by atoms with Crippen LogP contribution in [-0.2, 0) is 21.9 Å². The van der Waals surface area contributed by atoms with Gasteiger partial charge in [0.25, 0.3) is 0 Å². The SMILES string of the molecule is CCC(C)(C)C(=O)OCCO.CCC(C)(C)C(=O)Oc1ccc(-c2nc(C(Cl)(Cl)Cl)nc(C(Cl)(Cl)Cl)n2)cc1. The number of carbonyl (C=O) groups is 2. The van der Waals surface area contributed by atoms with Crippen molar-refractivity contribution in [3.05, 3.63) is 35.9 Å². The van der Waals surface area contributed by atoms with Gasteiger partial charge in [0.1, 0.15) is 12.4 Å². The highest BCUT2D eigenvalue weighted by atomic mass is 35.6. The second-order valence-corrected chi connectivity index (χ2v) is 14.1. The van der Waals surface area contributed by atoms with Crippen LogP contribution in [0.2, 0.25) is 0 Å². The monoisotopic (exact) mass is 663 g/mol. The van der Waals surface area contributed by atoms with Gasteiger partial charge in [-0.3, -0.25) is 9.59 Å². The predicted octanol–water partition coefficient (Wildman–Crippen LogP) is 7.49. The van der Waals surface area contributed by atoms with Crippen LogP contribution in [0.3, 0.4) is 0 Å². The minimum Gasteiger partial charge on any atom is -0.463 e. The first-order chi connectivity index (χ1) is 17.8. The number of hydrogen-bond donors (Lipinski definition) is 1. The molecule has 0 aliphatic heterocycles. The molecule has 0 amide bonds. The molecule has 0 saturated carbocycles. The summed E-state index contributed by atoms with van der Waals surface area (Å²) in [6, 6.07) is 6.43. The molecule has 14 heteroatoms. The second kappa shape index (κ2) is 14.7. The Morgan fingerprint density at radius 2 is 1.21 bits per heavy atom. The lowest BCUT2D eigenvalue weighted by Crippen LogP contribution is -2.28. The molecule has 0 radical (unpaired) electrons. The van der Waals surface area contributed by atoms with Crippen molar-refractivity contribution in [2.24, 2.45) is 10.8 Å². The largest absolute Gasteiger partial charge is 0.463 e. The van der Waals surface area contributed by atoms with Gasteiger partial charge in [-0.05, 0) is 64.8 Å². The first-order valence-corrected chi connectivity index (χ1v) is 14.1. The van der Waals surface area contributed by atoms with Crippen LogP contribution < -0.4 is 4.74 Å². The predicted molar refractivity (Wildman–Crippen MR) is 156 cm³/mol. The molecule has 0 spiro atoms. The third kappa shape index (κ3) is 11.3. The van der Waals surface area contributed by atoms with E-state index in [1.54, 1.807) is 24.3 Å². The summed E-state index contributed by atoms with van der Waals surface area (Å²) < 4.78 is 6.27. The molecule has 0 aliphatic rings. The molecule has 1 N–H and O–H groups in total. The zero-order valence-electron chi connectivity index (χ0n) is 22.3. The molecule has 1 aromatic heterocycles. The smallest absolute Gasteiger partial charge is 0.316 e. The summed E-state index contributed by atoms with van der Waals surface area (Å²) in [4.78, 5) is 35.5. The third-order valence-electron chi connectivity index (χ3n) is 5.66. The highest BCUT2D eigenvalue weighted by Gasteiger charge is 2.34. The zero-order valence-corrected chi connectivity index (χ0v) is 26.9. The number of ether oxygens (including phenoxy) is 2. The first kappa shape index (κ1) is 35.9. The van der Waals surface area contributed by atoms with Crippen LogP contribution in [0.4, 0.5) is 0 Å². The van der Waals surface area contributed by atoms with Gasteiger partial charge in [-0.25, -0.2) is 15.0 Å². The fourth-order valence-corrected chi connectivity index (χ4v) is 2.81. The van der Waals surface area contributed by atoms with Gasteiger partial charge in [0, 0.05) is 5.56 Å². The molecular weight excluding hydrogens is 635 g/mol. The van der Waals surface area contributed by atoms with Crippen molar-refractivity contribution >= 4 is 81.5 Å². The topological polar surface area (TPSA) is 112 Å². The molecule has 0 aliphatic carbocycles. The molecule has 0 unspecified atom stereocenters. The van der Waals surface area contributed by atoms with Gasteiger partial charge < -0.3 is 14.6 Å². The van der Waals surface area contributed by atoms with Gasteiger partial charge >= 0.3 is 11.9 Å². The molecule has 2 rings (SSSR count). The van der Waals surface area contributed by atoms with Crippen LogP contribution in [0.1, 0.15) is 66.0 Å². The second-order valence-electron chi connectivity index (χ2n) is 9.55. The molecule has 0 fully saturated rings. The van der Waals surface area contributed by atoms with E-state index in [-0.39, 0.29) is 42.6 Å². The van der Waals surface area contributed by atoms with Crippen molar-refractivity contribution in [1.82, 2.24) is 15.0 Å². The lowest BCUT2D eigenvalue weighted by molar-refractivity contribution is -0.155. The quantitative estimate of drug-likeness (QED) is 0.175. The minimum atomic E-state index is -1.94. The molecule has 218 valence electrons. The van der Waals surface area contributed by atoms with Gasteiger partial charge in [0.2, 0.25) is 7.59 Å².